The predicted molar refractivity (Wildman–Crippen MR) is 107 cm³/mol. The summed E-state index contributed by atoms with van der Waals surface area (Å²) in [4.78, 5) is 12.7. The molecule has 0 spiro atoms. The fraction of sp³-hybridized carbons (Fsp3) is 0.947. The van der Waals surface area contributed by atoms with E-state index in [1.807, 2.05) is 0 Å². The van der Waals surface area contributed by atoms with E-state index in [0.29, 0.717) is 12.8 Å². The average molecular weight is 472 g/mol. The number of amides is 1. The van der Waals surface area contributed by atoms with Gasteiger partial charge in [0.25, 0.3) is 0 Å². The number of nitrogens with one attached hydrogen (secondary N) is 1. The third-order valence-electron chi connectivity index (χ3n) is 6.96. The van der Waals surface area contributed by atoms with Crippen LogP contribution in [0.25, 0.3) is 0 Å². The Hall–Kier alpha value is -0.950. The van der Waals surface area contributed by atoms with E-state index >= 15 is 0 Å². The average Bonchev–Trinajstić information content (AvgIpc) is 2.72. The molecule has 5 N–H and O–H groups in total. The zero-order chi connectivity index (χ0) is 23.0. The van der Waals surface area contributed by atoms with Crippen molar-refractivity contribution >= 4 is 15.9 Å². The highest BCUT2D eigenvalue weighted by Crippen LogP contribution is 2.33. The molecule has 31 heavy (non-hydrogen) atoms. The highest BCUT2D eigenvalue weighted by atomic mass is 32.2. The number of carbonyl (C=O) groups is 1. The lowest BCUT2D eigenvalue weighted by molar-refractivity contribution is -0.127. The van der Waals surface area contributed by atoms with Gasteiger partial charge in [0.1, 0.15) is 12.3 Å². The monoisotopic (exact) mass is 471 g/mol. The summed E-state index contributed by atoms with van der Waals surface area (Å²) in [7, 11) is -3.85. The van der Waals surface area contributed by atoms with Crippen molar-refractivity contribution in [1.82, 2.24) is 9.62 Å². The van der Waals surface area contributed by atoms with Gasteiger partial charge in [-0.25, -0.2) is 25.9 Å². The number of rotatable bonds is 5. The number of alkyl halides is 3. The SMILES string of the molecule is NC1CCC(C(=O)NC2CC(F)C(F)C(F)C2)CC1S(=O)(=O)N1CCC(O)(CO)CC1. The van der Waals surface area contributed by atoms with Gasteiger partial charge >= 0.3 is 0 Å². The summed E-state index contributed by atoms with van der Waals surface area (Å²) in [5, 5.41) is 20.9. The Bertz CT molecular complexity index is 738. The van der Waals surface area contributed by atoms with Crippen molar-refractivity contribution in [3.63, 3.8) is 0 Å². The normalized spacial score (nSPS) is 39.7. The molecule has 0 bridgehead atoms. The number of nitrogens with two attached hydrogens (primary N) is 1. The number of aliphatic hydroxyl groups is 2. The third-order valence-corrected chi connectivity index (χ3v) is 9.35. The lowest BCUT2D eigenvalue weighted by atomic mass is 9.84. The molecule has 12 heteroatoms. The van der Waals surface area contributed by atoms with Gasteiger partial charge in [-0.3, -0.25) is 4.79 Å². The van der Waals surface area contributed by atoms with E-state index in [4.69, 9.17) is 5.73 Å². The molecule has 1 aliphatic heterocycles. The largest absolute Gasteiger partial charge is 0.393 e. The molecule has 0 aromatic carbocycles. The quantitative estimate of drug-likeness (QED) is 0.444. The number of nitrogens with zero attached hydrogens (tertiary/aromatic N) is 1. The first-order chi connectivity index (χ1) is 14.5. The summed E-state index contributed by atoms with van der Waals surface area (Å²) in [5.41, 5.74) is 4.78. The summed E-state index contributed by atoms with van der Waals surface area (Å²) < 4.78 is 68.1. The van der Waals surface area contributed by atoms with E-state index in [1.165, 1.54) is 4.31 Å². The van der Waals surface area contributed by atoms with Crippen LogP contribution in [0.3, 0.4) is 0 Å². The molecule has 0 radical (unpaired) electrons. The molecule has 1 heterocycles. The predicted octanol–water partition coefficient (Wildman–Crippen LogP) is -0.0757. The minimum atomic E-state index is -3.85. The van der Waals surface area contributed by atoms with Crippen LogP contribution in [-0.4, -0.2) is 90.0 Å². The minimum Gasteiger partial charge on any atom is -0.393 e. The van der Waals surface area contributed by atoms with Crippen LogP contribution in [0.4, 0.5) is 13.2 Å². The number of piperidine rings is 1. The van der Waals surface area contributed by atoms with Crippen LogP contribution in [0, 0.1) is 5.92 Å². The van der Waals surface area contributed by atoms with E-state index in [9.17, 15) is 36.6 Å². The number of sulfonamides is 1. The van der Waals surface area contributed by atoms with Gasteiger partial charge in [-0.2, -0.15) is 0 Å². The Morgan fingerprint density at radius 3 is 2.23 bits per heavy atom. The first-order valence-electron chi connectivity index (χ1n) is 10.8. The standard InChI is InChI=1S/C19H32F3N3O5S/c20-13-8-12(9-14(21)17(13)22)24-18(27)11-1-2-15(23)16(7-11)31(29,30)25-5-3-19(28,10-26)4-6-25/h11-17,26,28H,1-10,23H2,(H,24,27). The topological polar surface area (TPSA) is 133 Å². The number of aliphatic hydroxyl groups excluding tert-OH is 1. The Morgan fingerprint density at radius 2 is 1.68 bits per heavy atom. The lowest BCUT2D eigenvalue weighted by Crippen LogP contribution is -2.56. The van der Waals surface area contributed by atoms with Crippen molar-refractivity contribution in [2.45, 2.75) is 86.4 Å². The van der Waals surface area contributed by atoms with Crippen LogP contribution in [0.2, 0.25) is 0 Å². The molecular weight excluding hydrogens is 439 g/mol. The summed E-state index contributed by atoms with van der Waals surface area (Å²) >= 11 is 0. The van der Waals surface area contributed by atoms with Gasteiger partial charge in [-0.15, -0.1) is 0 Å². The lowest BCUT2D eigenvalue weighted by Gasteiger charge is -2.41. The highest BCUT2D eigenvalue weighted by molar-refractivity contribution is 7.89. The minimum absolute atomic E-state index is 0.0212. The van der Waals surface area contributed by atoms with Crippen LogP contribution in [0.15, 0.2) is 0 Å². The fourth-order valence-electron chi connectivity index (χ4n) is 4.80. The van der Waals surface area contributed by atoms with E-state index in [0.717, 1.165) is 0 Å². The molecular formula is C19H32F3N3O5S. The molecule has 5 atom stereocenters. The number of carbonyl (C=O) groups excluding carboxylic acids is 1. The summed E-state index contributed by atoms with van der Waals surface area (Å²) in [5.74, 6) is -1.18. The zero-order valence-electron chi connectivity index (χ0n) is 17.3. The number of halogens is 3. The Morgan fingerprint density at radius 1 is 1.10 bits per heavy atom. The van der Waals surface area contributed by atoms with Gasteiger partial charge in [0, 0.05) is 43.9 Å². The molecule has 180 valence electrons. The first kappa shape index (κ1) is 24.7. The fourth-order valence-corrected chi connectivity index (χ4v) is 6.93. The molecule has 3 fully saturated rings. The van der Waals surface area contributed by atoms with E-state index in [-0.39, 0.29) is 45.2 Å². The Balaban J connectivity index is 1.62. The van der Waals surface area contributed by atoms with Crippen LogP contribution in [0.5, 0.6) is 0 Å². The van der Waals surface area contributed by atoms with Crippen molar-refractivity contribution in [2.75, 3.05) is 19.7 Å². The van der Waals surface area contributed by atoms with E-state index < -0.39 is 69.9 Å². The van der Waals surface area contributed by atoms with Crippen molar-refractivity contribution in [3.8, 4) is 0 Å². The Kier molecular flexibility index (Phi) is 7.57. The molecule has 3 rings (SSSR count). The third kappa shape index (κ3) is 5.35. The zero-order valence-corrected chi connectivity index (χ0v) is 18.1. The molecule has 1 saturated heterocycles. The molecule has 0 aromatic rings. The van der Waals surface area contributed by atoms with Crippen LogP contribution in [0.1, 0.15) is 44.9 Å². The molecule has 2 saturated carbocycles. The maximum Gasteiger partial charge on any atom is 0.223 e. The maximum absolute atomic E-state index is 13.6. The van der Waals surface area contributed by atoms with Crippen LogP contribution < -0.4 is 11.1 Å². The molecule has 1 amide bonds. The van der Waals surface area contributed by atoms with E-state index in [1.54, 1.807) is 0 Å². The van der Waals surface area contributed by atoms with Crippen molar-refractivity contribution < 1.29 is 36.6 Å². The van der Waals surface area contributed by atoms with Crippen molar-refractivity contribution in [2.24, 2.45) is 11.7 Å². The molecule has 0 aromatic heterocycles. The number of hydrogen-bond donors (Lipinski definition) is 4. The van der Waals surface area contributed by atoms with Gasteiger partial charge in [0.05, 0.1) is 17.5 Å². The summed E-state index contributed by atoms with van der Waals surface area (Å²) in [6.07, 6.45) is -5.98. The second-order valence-corrected chi connectivity index (χ2v) is 11.3. The maximum atomic E-state index is 13.6. The molecule has 3 aliphatic rings. The molecule has 2 aliphatic carbocycles. The van der Waals surface area contributed by atoms with Crippen LogP contribution in [-0.2, 0) is 14.8 Å². The van der Waals surface area contributed by atoms with E-state index in [2.05, 4.69) is 5.32 Å². The smallest absolute Gasteiger partial charge is 0.223 e. The second-order valence-electron chi connectivity index (χ2n) is 9.19. The second kappa shape index (κ2) is 9.50. The van der Waals surface area contributed by atoms with Gasteiger partial charge in [0.2, 0.25) is 15.9 Å². The van der Waals surface area contributed by atoms with Crippen molar-refractivity contribution in [3.05, 3.63) is 0 Å². The molecule has 5 unspecified atom stereocenters. The number of hydrogen-bond acceptors (Lipinski definition) is 6. The van der Waals surface area contributed by atoms with Crippen molar-refractivity contribution in [1.29, 1.82) is 0 Å². The van der Waals surface area contributed by atoms with Crippen LogP contribution >= 0.6 is 0 Å². The summed E-state index contributed by atoms with van der Waals surface area (Å²) in [6, 6.07) is -1.51. The Labute approximate surface area is 180 Å². The first-order valence-corrected chi connectivity index (χ1v) is 12.3. The van der Waals surface area contributed by atoms with Gasteiger partial charge < -0.3 is 21.3 Å². The summed E-state index contributed by atoms with van der Waals surface area (Å²) in [6.45, 7) is -0.362. The van der Waals surface area contributed by atoms with Gasteiger partial charge in [-0.05, 0) is 32.1 Å². The highest BCUT2D eigenvalue weighted by Gasteiger charge is 2.46. The van der Waals surface area contributed by atoms with Gasteiger partial charge in [-0.1, -0.05) is 0 Å². The van der Waals surface area contributed by atoms with Gasteiger partial charge in [0.15, 0.2) is 6.17 Å². The molecule has 8 nitrogen and oxygen atoms in total.